The Balaban J connectivity index is 3.02. The summed E-state index contributed by atoms with van der Waals surface area (Å²) < 4.78 is 5.46. The van der Waals surface area contributed by atoms with Crippen molar-refractivity contribution in [1.29, 1.82) is 0 Å². The maximum absolute atomic E-state index is 11.1. The molecule has 79 valence electrons. The predicted molar refractivity (Wildman–Crippen MR) is 48.7 cm³/mol. The van der Waals surface area contributed by atoms with Crippen LogP contribution in [0.15, 0.2) is 22.7 Å². The molecule has 0 aromatic heterocycles. The van der Waals surface area contributed by atoms with Crippen molar-refractivity contribution in [2.24, 2.45) is 0 Å². The van der Waals surface area contributed by atoms with E-state index in [1.54, 1.807) is 32.6 Å². The molecule has 1 saturated heterocycles. The molecule has 1 heterocycles. The molecule has 0 saturated carbocycles. The summed E-state index contributed by atoms with van der Waals surface area (Å²) in [5.74, 6) is 0. The Kier molecular flexibility index (Phi) is 2.11. The summed E-state index contributed by atoms with van der Waals surface area (Å²) in [4.78, 5) is 38.4. The fourth-order valence-corrected chi connectivity index (χ4v) is 5.13. The Morgan fingerprint density at radius 1 is 1.27 bits per heavy atom. The molecule has 1 atom stereocenters. The van der Waals surface area contributed by atoms with Crippen molar-refractivity contribution in [3.8, 4) is 0 Å². The van der Waals surface area contributed by atoms with Crippen molar-refractivity contribution in [2.75, 3.05) is 6.61 Å². The maximum atomic E-state index is 11.1. The van der Waals surface area contributed by atoms with Crippen molar-refractivity contribution < 1.29 is 29.6 Å². The van der Waals surface area contributed by atoms with Crippen molar-refractivity contribution in [3.05, 3.63) is 22.7 Å². The quantitative estimate of drug-likeness (QED) is 0.512. The molecule has 1 fully saturated rings. The van der Waals surface area contributed by atoms with Gasteiger partial charge in [0.2, 0.25) is 0 Å². The van der Waals surface area contributed by atoms with Gasteiger partial charge in [-0.1, -0.05) is 0 Å². The zero-order valence-electron chi connectivity index (χ0n) is 7.73. The van der Waals surface area contributed by atoms with Gasteiger partial charge in [-0.25, -0.2) is 0 Å². The SMILES string of the molecule is O=[C]=[Mn](=[C]=O)(=[C]=O)([C]1=CC=CC1)[CH]1CO1. The third-order valence-corrected chi connectivity index (χ3v) is 7.92. The number of ether oxygens (including phenoxy) is 1. The molecule has 15 heavy (non-hydrogen) atoms. The molecule has 4 nitrogen and oxygen atoms in total. The molecule has 0 N–H and O–H groups in total. The van der Waals surface area contributed by atoms with E-state index < -0.39 is 15.5 Å². The first-order chi connectivity index (χ1) is 7.22. The van der Waals surface area contributed by atoms with Crippen molar-refractivity contribution in [3.63, 3.8) is 0 Å². The molecule has 0 radical (unpaired) electrons. The molecule has 0 bridgehead atoms. The van der Waals surface area contributed by atoms with E-state index in [-0.39, 0.29) is 6.61 Å². The Morgan fingerprint density at radius 3 is 2.20 bits per heavy atom. The molecule has 0 spiro atoms. The zero-order valence-corrected chi connectivity index (χ0v) is 8.91. The first kappa shape index (κ1) is 10.2. The number of epoxide rings is 1. The van der Waals surface area contributed by atoms with Gasteiger partial charge in [0.15, 0.2) is 0 Å². The third kappa shape index (κ3) is 1.08. The molecule has 2 rings (SSSR count). The molecule has 0 aromatic rings. The van der Waals surface area contributed by atoms with E-state index in [0.29, 0.717) is 10.9 Å². The van der Waals surface area contributed by atoms with Gasteiger partial charge in [-0.3, -0.25) is 0 Å². The number of rotatable bonds is 2. The fourth-order valence-electron chi connectivity index (χ4n) is 1.50. The predicted octanol–water partition coefficient (Wildman–Crippen LogP) is 0.0777. The average Bonchev–Trinajstić information content (AvgIpc) is 3.00. The van der Waals surface area contributed by atoms with Crippen LogP contribution in [0.3, 0.4) is 0 Å². The Bertz CT molecular complexity index is 615. The van der Waals surface area contributed by atoms with Crippen LogP contribution < -0.4 is 0 Å². The van der Waals surface area contributed by atoms with Crippen LogP contribution in [0.2, 0.25) is 0 Å². The van der Waals surface area contributed by atoms with Gasteiger partial charge in [0, 0.05) is 0 Å². The van der Waals surface area contributed by atoms with E-state index in [1.165, 1.54) is 0 Å². The van der Waals surface area contributed by atoms with E-state index >= 15 is 0 Å². The molecule has 0 aromatic carbocycles. The molecule has 2 aliphatic rings. The second kappa shape index (κ2) is 3.09. The minimum atomic E-state index is -4.42. The Hall–Kier alpha value is -1.30. The van der Waals surface area contributed by atoms with Crippen LogP contribution >= 0.6 is 0 Å². The Morgan fingerprint density at radius 2 is 1.87 bits per heavy atom. The van der Waals surface area contributed by atoms with Crippen LogP contribution in [0.5, 0.6) is 0 Å². The van der Waals surface area contributed by atoms with Gasteiger partial charge in [0.25, 0.3) is 0 Å². The topological polar surface area (TPSA) is 63.7 Å². The number of hydrogen-bond acceptors (Lipinski definition) is 4. The van der Waals surface area contributed by atoms with Crippen LogP contribution in [-0.4, -0.2) is 26.0 Å². The molecular formula is C10H8MnO4. The second-order valence-corrected chi connectivity index (χ2v) is 8.60. The molecule has 0 amide bonds. The summed E-state index contributed by atoms with van der Waals surface area (Å²) in [5, 5.41) is -0.648. The van der Waals surface area contributed by atoms with Crippen LogP contribution in [0, 0.1) is 0 Å². The van der Waals surface area contributed by atoms with Gasteiger partial charge < -0.3 is 0 Å². The summed E-state index contributed by atoms with van der Waals surface area (Å²) in [5.41, 5.74) is 0. The normalized spacial score (nSPS) is 25.5. The second-order valence-electron chi connectivity index (χ2n) is 3.22. The van der Waals surface area contributed by atoms with Crippen molar-refractivity contribution in [1.82, 2.24) is 0 Å². The monoisotopic (exact) mass is 247 g/mol. The molecular weight excluding hydrogens is 239 g/mol. The third-order valence-electron chi connectivity index (χ3n) is 2.49. The van der Waals surface area contributed by atoms with Crippen LogP contribution in [0.4, 0.5) is 0 Å². The van der Waals surface area contributed by atoms with E-state index in [2.05, 4.69) is 0 Å². The number of carbonyl (C=O) groups excluding carboxylic acids is 3. The van der Waals surface area contributed by atoms with E-state index in [1.807, 2.05) is 0 Å². The van der Waals surface area contributed by atoms with Gasteiger partial charge in [-0.05, 0) is 0 Å². The summed E-state index contributed by atoms with van der Waals surface area (Å²) in [6.07, 6.45) is 5.50. The number of allylic oxidation sites excluding steroid dienone is 4. The van der Waals surface area contributed by atoms with Gasteiger partial charge in [-0.15, -0.1) is 0 Å². The molecule has 1 unspecified atom stereocenters. The van der Waals surface area contributed by atoms with Gasteiger partial charge in [-0.2, -0.15) is 0 Å². The first-order valence-corrected chi connectivity index (χ1v) is 7.28. The standard InChI is InChI=1S/C5H5.C2H3O.3CO.Mn/c1-2-4-5-3-1;1-2-3-1;3*1-2;/h1-3H,4H2;1H,2H2;;;;. The summed E-state index contributed by atoms with van der Waals surface area (Å²) in [6, 6.07) is 0. The van der Waals surface area contributed by atoms with E-state index in [0.717, 1.165) is 0 Å². The van der Waals surface area contributed by atoms with Crippen molar-refractivity contribution in [2.45, 2.75) is 11.4 Å². The average molecular weight is 247 g/mol. The summed E-state index contributed by atoms with van der Waals surface area (Å²) in [6.45, 7) is 0.242. The molecule has 5 heteroatoms. The van der Waals surface area contributed by atoms with Gasteiger partial charge in [0.1, 0.15) is 0 Å². The zero-order chi connectivity index (χ0) is 11.0. The van der Waals surface area contributed by atoms with Crippen LogP contribution in [0.1, 0.15) is 6.42 Å². The van der Waals surface area contributed by atoms with E-state index in [4.69, 9.17) is 4.74 Å². The summed E-state index contributed by atoms with van der Waals surface area (Å²) in [7, 11) is -4.42. The van der Waals surface area contributed by atoms with Crippen molar-refractivity contribution >= 4 is 14.4 Å². The first-order valence-electron chi connectivity index (χ1n) is 4.24. The molecule has 1 aliphatic heterocycles. The number of hydrogen-bond donors (Lipinski definition) is 0. The Labute approximate surface area is 85.0 Å². The summed E-state index contributed by atoms with van der Waals surface area (Å²) >= 11 is 0. The fraction of sp³-hybridized carbons (Fsp3) is 0.300. The molecule has 1 aliphatic carbocycles. The van der Waals surface area contributed by atoms with Crippen LogP contribution in [-0.2, 0) is 29.6 Å². The van der Waals surface area contributed by atoms with Crippen LogP contribution in [0.25, 0.3) is 0 Å². The van der Waals surface area contributed by atoms with E-state index in [9.17, 15) is 14.4 Å². The van der Waals surface area contributed by atoms with Gasteiger partial charge in [0.05, 0.1) is 0 Å². The minimum absolute atomic E-state index is 0.242. The van der Waals surface area contributed by atoms with Gasteiger partial charge >= 0.3 is 84.7 Å².